The Kier molecular flexibility index (Phi) is 6.47. The monoisotopic (exact) mass is 423 g/mol. The molecule has 0 saturated carbocycles. The Morgan fingerprint density at radius 1 is 1.16 bits per heavy atom. The Balaban J connectivity index is 1.26. The van der Waals surface area contributed by atoms with Crippen LogP contribution in [0.3, 0.4) is 0 Å². The fourth-order valence-electron chi connectivity index (χ4n) is 3.65. The molecule has 0 radical (unpaired) electrons. The van der Waals surface area contributed by atoms with E-state index in [1.807, 2.05) is 30.3 Å². The molecule has 1 fully saturated rings. The Morgan fingerprint density at radius 2 is 2.00 bits per heavy atom. The summed E-state index contributed by atoms with van der Waals surface area (Å²) in [5.74, 6) is -0.224. The van der Waals surface area contributed by atoms with E-state index < -0.39 is 0 Å². The molecule has 3 amide bonds. The average Bonchev–Trinajstić information content (AvgIpc) is 2.81. The average molecular weight is 423 g/mol. The van der Waals surface area contributed by atoms with Crippen molar-refractivity contribution in [1.82, 2.24) is 10.2 Å². The maximum atomic E-state index is 12.6. The summed E-state index contributed by atoms with van der Waals surface area (Å²) in [6, 6.07) is 14.8. The first-order chi connectivity index (χ1) is 15.1. The molecular formula is C23H25N3O5. The molecule has 0 bridgehead atoms. The summed E-state index contributed by atoms with van der Waals surface area (Å²) in [5.41, 5.74) is 3.17. The van der Waals surface area contributed by atoms with Gasteiger partial charge in [0.2, 0.25) is 5.91 Å². The second-order valence-corrected chi connectivity index (χ2v) is 7.61. The second-order valence-electron chi connectivity index (χ2n) is 7.61. The third-order valence-corrected chi connectivity index (χ3v) is 5.36. The number of rotatable bonds is 5. The molecule has 0 aliphatic carbocycles. The number of nitrogens with zero attached hydrogens (tertiary/aromatic N) is 1. The minimum absolute atomic E-state index is 0.00834. The maximum absolute atomic E-state index is 12.6. The van der Waals surface area contributed by atoms with E-state index in [9.17, 15) is 14.4 Å². The van der Waals surface area contributed by atoms with Crippen LogP contribution in [0.15, 0.2) is 48.5 Å². The van der Waals surface area contributed by atoms with Crippen molar-refractivity contribution in [2.24, 2.45) is 0 Å². The van der Waals surface area contributed by atoms with Crippen LogP contribution in [0.2, 0.25) is 0 Å². The van der Waals surface area contributed by atoms with Crippen LogP contribution < -0.4 is 10.6 Å². The molecule has 2 aromatic carbocycles. The van der Waals surface area contributed by atoms with E-state index in [0.717, 1.165) is 16.8 Å². The Hall–Kier alpha value is -3.39. The van der Waals surface area contributed by atoms with Crippen LogP contribution in [0.25, 0.3) is 0 Å². The van der Waals surface area contributed by atoms with Crippen LogP contribution in [0.1, 0.15) is 27.9 Å². The van der Waals surface area contributed by atoms with Crippen molar-refractivity contribution in [2.45, 2.75) is 25.6 Å². The molecule has 1 saturated heterocycles. The van der Waals surface area contributed by atoms with E-state index in [2.05, 4.69) is 10.6 Å². The van der Waals surface area contributed by atoms with Crippen LogP contribution in [0.4, 0.5) is 10.5 Å². The lowest BCUT2D eigenvalue weighted by atomic mass is 10.00. The number of benzene rings is 2. The summed E-state index contributed by atoms with van der Waals surface area (Å²) in [6.45, 7) is 1.70. The lowest BCUT2D eigenvalue weighted by Gasteiger charge is -2.32. The number of carbonyl (C=O) groups excluding carboxylic acids is 3. The highest BCUT2D eigenvalue weighted by atomic mass is 16.6. The summed E-state index contributed by atoms with van der Waals surface area (Å²) in [7, 11) is 0. The molecule has 2 aliphatic heterocycles. The second kappa shape index (κ2) is 9.61. The molecule has 1 atom stereocenters. The first kappa shape index (κ1) is 20.9. The highest BCUT2D eigenvalue weighted by molar-refractivity contribution is 5.97. The van der Waals surface area contributed by atoms with E-state index in [0.29, 0.717) is 38.1 Å². The van der Waals surface area contributed by atoms with Crippen molar-refractivity contribution in [3.8, 4) is 0 Å². The third-order valence-electron chi connectivity index (χ3n) is 5.36. The topological polar surface area (TPSA) is 97.0 Å². The van der Waals surface area contributed by atoms with Gasteiger partial charge in [-0.25, -0.2) is 4.79 Å². The van der Waals surface area contributed by atoms with Gasteiger partial charge in [0.1, 0.15) is 6.61 Å². The molecule has 2 aliphatic rings. The van der Waals surface area contributed by atoms with E-state index >= 15 is 0 Å². The van der Waals surface area contributed by atoms with Crippen LogP contribution >= 0.6 is 0 Å². The largest absolute Gasteiger partial charge is 0.445 e. The quantitative estimate of drug-likeness (QED) is 0.770. The first-order valence-corrected chi connectivity index (χ1v) is 10.4. The first-order valence-electron chi connectivity index (χ1n) is 10.4. The molecule has 2 heterocycles. The SMILES string of the molecule is O=C1CCc2cc(C(=O)NCC3CN(C(=O)OCc4ccccc4)CCO3)ccc2N1. The molecule has 2 N–H and O–H groups in total. The predicted molar refractivity (Wildman–Crippen MR) is 114 cm³/mol. The van der Waals surface area contributed by atoms with Crippen molar-refractivity contribution in [3.05, 3.63) is 65.2 Å². The molecule has 4 rings (SSSR count). The number of morpholine rings is 1. The Labute approximate surface area is 180 Å². The van der Waals surface area contributed by atoms with Crippen LogP contribution in [0.5, 0.6) is 0 Å². The highest BCUT2D eigenvalue weighted by Crippen LogP contribution is 2.23. The van der Waals surface area contributed by atoms with E-state index in [1.165, 1.54) is 0 Å². The highest BCUT2D eigenvalue weighted by Gasteiger charge is 2.26. The number of hydrogen-bond donors (Lipinski definition) is 2. The number of carbonyl (C=O) groups is 3. The summed E-state index contributed by atoms with van der Waals surface area (Å²) in [4.78, 5) is 38.0. The molecular weight excluding hydrogens is 398 g/mol. The number of amides is 3. The zero-order chi connectivity index (χ0) is 21.6. The molecule has 2 aromatic rings. The smallest absolute Gasteiger partial charge is 0.410 e. The molecule has 0 spiro atoms. The van der Waals surface area contributed by atoms with Crippen molar-refractivity contribution >= 4 is 23.6 Å². The fraction of sp³-hybridized carbons (Fsp3) is 0.348. The van der Waals surface area contributed by atoms with Crippen LogP contribution in [-0.2, 0) is 27.3 Å². The molecule has 0 aromatic heterocycles. The van der Waals surface area contributed by atoms with Gasteiger partial charge in [0.15, 0.2) is 0 Å². The number of fused-ring (bicyclic) bond motifs is 1. The van der Waals surface area contributed by atoms with Crippen molar-refractivity contribution in [1.29, 1.82) is 0 Å². The normalized spacial score (nSPS) is 18.0. The van der Waals surface area contributed by atoms with Gasteiger partial charge in [0, 0.05) is 30.8 Å². The lowest BCUT2D eigenvalue weighted by molar-refractivity contribution is -0.116. The molecule has 8 heteroatoms. The van der Waals surface area contributed by atoms with Gasteiger partial charge in [-0.15, -0.1) is 0 Å². The van der Waals surface area contributed by atoms with Gasteiger partial charge < -0.3 is 25.0 Å². The molecule has 1 unspecified atom stereocenters. The van der Waals surface area contributed by atoms with Gasteiger partial charge in [-0.05, 0) is 35.7 Å². The van der Waals surface area contributed by atoms with Crippen LogP contribution in [-0.4, -0.2) is 55.2 Å². The third kappa shape index (κ3) is 5.40. The number of aryl methyl sites for hydroxylation is 1. The van der Waals surface area contributed by atoms with Crippen molar-refractivity contribution in [2.75, 3.05) is 31.6 Å². The van der Waals surface area contributed by atoms with Gasteiger partial charge in [-0.1, -0.05) is 30.3 Å². The van der Waals surface area contributed by atoms with Gasteiger partial charge in [0.25, 0.3) is 5.91 Å². The van der Waals surface area contributed by atoms with Crippen molar-refractivity contribution < 1.29 is 23.9 Å². The van der Waals surface area contributed by atoms with E-state index in [1.54, 1.807) is 23.1 Å². The molecule has 162 valence electrons. The zero-order valence-electron chi connectivity index (χ0n) is 17.1. The molecule has 8 nitrogen and oxygen atoms in total. The van der Waals surface area contributed by atoms with E-state index in [-0.39, 0.29) is 37.2 Å². The van der Waals surface area contributed by atoms with Crippen molar-refractivity contribution in [3.63, 3.8) is 0 Å². The minimum atomic E-state index is -0.389. The minimum Gasteiger partial charge on any atom is -0.445 e. The van der Waals surface area contributed by atoms with Gasteiger partial charge >= 0.3 is 6.09 Å². The Morgan fingerprint density at radius 3 is 2.84 bits per heavy atom. The van der Waals surface area contributed by atoms with E-state index in [4.69, 9.17) is 9.47 Å². The van der Waals surface area contributed by atoms with Gasteiger partial charge in [0.05, 0.1) is 19.3 Å². The Bertz CT molecular complexity index is 963. The zero-order valence-corrected chi connectivity index (χ0v) is 17.1. The summed E-state index contributed by atoms with van der Waals surface area (Å²) < 4.78 is 11.1. The lowest BCUT2D eigenvalue weighted by Crippen LogP contribution is -2.49. The standard InChI is InChI=1S/C23H25N3O5/c27-21-9-7-17-12-18(6-8-20(17)25-21)22(28)24-13-19-14-26(10-11-30-19)23(29)31-15-16-4-2-1-3-5-16/h1-6,8,12,19H,7,9-11,13-15H2,(H,24,28)(H,25,27). The number of hydrogen-bond acceptors (Lipinski definition) is 5. The summed E-state index contributed by atoms with van der Waals surface area (Å²) in [6.07, 6.45) is 0.345. The summed E-state index contributed by atoms with van der Waals surface area (Å²) in [5, 5.41) is 5.68. The van der Waals surface area contributed by atoms with Crippen LogP contribution in [0, 0.1) is 0 Å². The summed E-state index contributed by atoms with van der Waals surface area (Å²) >= 11 is 0. The number of anilines is 1. The van der Waals surface area contributed by atoms with Gasteiger partial charge in [-0.2, -0.15) is 0 Å². The number of nitrogens with one attached hydrogen (secondary N) is 2. The predicted octanol–water partition coefficient (Wildman–Crippen LogP) is 2.34. The molecule has 31 heavy (non-hydrogen) atoms. The fourth-order valence-corrected chi connectivity index (χ4v) is 3.65. The number of ether oxygens (including phenoxy) is 2. The maximum Gasteiger partial charge on any atom is 0.410 e. The van der Waals surface area contributed by atoms with Gasteiger partial charge in [-0.3, -0.25) is 9.59 Å².